The molecule has 0 saturated heterocycles. The Morgan fingerprint density at radius 1 is 1.48 bits per heavy atom. The Morgan fingerprint density at radius 3 is 2.81 bits per heavy atom. The summed E-state index contributed by atoms with van der Waals surface area (Å²) in [4.78, 5) is 27.9. The highest BCUT2D eigenvalue weighted by molar-refractivity contribution is 5.95. The molecule has 8 nitrogen and oxygen atoms in total. The van der Waals surface area contributed by atoms with Crippen LogP contribution in [0.5, 0.6) is 0 Å². The summed E-state index contributed by atoms with van der Waals surface area (Å²) >= 11 is 0. The Kier molecular flexibility index (Phi) is 5.67. The number of halogens is 1. The Bertz CT molecular complexity index is 630. The number of anilines is 1. The van der Waals surface area contributed by atoms with Crippen molar-refractivity contribution in [2.75, 3.05) is 11.9 Å². The molecule has 0 spiro atoms. The lowest BCUT2D eigenvalue weighted by atomic mass is 10.1. The molecule has 21 heavy (non-hydrogen) atoms. The van der Waals surface area contributed by atoms with Crippen molar-refractivity contribution < 1.29 is 14.8 Å². The molecule has 0 atom stereocenters. The number of benzene rings is 1. The molecule has 0 aliphatic carbocycles. The maximum atomic E-state index is 11.1. The van der Waals surface area contributed by atoms with Crippen molar-refractivity contribution in [1.29, 1.82) is 0 Å². The topological polar surface area (TPSA) is 121 Å². The second-order valence-corrected chi connectivity index (χ2v) is 4.05. The molecule has 1 heterocycles. The van der Waals surface area contributed by atoms with Crippen LogP contribution in [0.4, 0.5) is 11.4 Å². The smallest absolute Gasteiger partial charge is 0.338 e. The van der Waals surface area contributed by atoms with Crippen molar-refractivity contribution >= 4 is 29.8 Å². The van der Waals surface area contributed by atoms with Gasteiger partial charge >= 0.3 is 5.97 Å². The number of aromatic amines is 1. The highest BCUT2D eigenvalue weighted by atomic mass is 35.5. The highest BCUT2D eigenvalue weighted by Crippen LogP contribution is 2.22. The fourth-order valence-corrected chi connectivity index (χ4v) is 1.73. The van der Waals surface area contributed by atoms with Crippen LogP contribution in [-0.4, -0.2) is 32.5 Å². The van der Waals surface area contributed by atoms with Gasteiger partial charge in [-0.2, -0.15) is 0 Å². The monoisotopic (exact) mass is 312 g/mol. The second kappa shape index (κ2) is 7.25. The number of hydrogen-bond donors (Lipinski definition) is 3. The summed E-state index contributed by atoms with van der Waals surface area (Å²) in [7, 11) is 0. The molecule has 0 radical (unpaired) electrons. The molecule has 3 N–H and O–H groups in total. The highest BCUT2D eigenvalue weighted by Gasteiger charge is 2.15. The average Bonchev–Trinajstić information content (AvgIpc) is 2.91. The fourth-order valence-electron chi connectivity index (χ4n) is 1.73. The summed E-state index contributed by atoms with van der Waals surface area (Å²) in [6, 6.07) is 3.71. The molecule has 2 aromatic rings. The van der Waals surface area contributed by atoms with Gasteiger partial charge in [-0.3, -0.25) is 10.1 Å². The van der Waals surface area contributed by atoms with Crippen LogP contribution < -0.4 is 5.32 Å². The van der Waals surface area contributed by atoms with Crippen molar-refractivity contribution in [2.24, 2.45) is 0 Å². The van der Waals surface area contributed by atoms with E-state index in [2.05, 4.69) is 15.3 Å². The summed E-state index contributed by atoms with van der Waals surface area (Å²) in [5, 5.41) is 22.7. The van der Waals surface area contributed by atoms with Crippen LogP contribution in [0.25, 0.3) is 0 Å². The summed E-state index contributed by atoms with van der Waals surface area (Å²) in [5.41, 5.74) is 0.893. The third-order valence-corrected chi connectivity index (χ3v) is 2.71. The van der Waals surface area contributed by atoms with E-state index in [4.69, 9.17) is 5.11 Å². The van der Waals surface area contributed by atoms with Gasteiger partial charge in [-0.25, -0.2) is 9.78 Å². The number of carboxylic acid groups (broad SMARTS) is 1. The van der Waals surface area contributed by atoms with Crippen LogP contribution in [0, 0.1) is 10.1 Å². The quantitative estimate of drug-likeness (QED) is 0.554. The molecule has 0 unspecified atom stereocenters. The van der Waals surface area contributed by atoms with Crippen molar-refractivity contribution in [3.8, 4) is 0 Å². The zero-order valence-corrected chi connectivity index (χ0v) is 11.6. The molecule has 112 valence electrons. The minimum atomic E-state index is -1.21. The van der Waals surface area contributed by atoms with Gasteiger partial charge in [0.2, 0.25) is 0 Å². The maximum Gasteiger partial charge on any atom is 0.338 e. The Hall–Kier alpha value is -2.61. The van der Waals surface area contributed by atoms with Gasteiger partial charge in [-0.15, -0.1) is 12.4 Å². The number of aromatic carboxylic acids is 1. The Morgan fingerprint density at radius 2 is 2.24 bits per heavy atom. The summed E-state index contributed by atoms with van der Waals surface area (Å²) in [6.07, 6.45) is 3.87. The number of nitro benzene ring substituents is 1. The molecule has 2 rings (SSSR count). The molecule has 9 heteroatoms. The molecule has 0 amide bonds. The number of carboxylic acids is 1. The van der Waals surface area contributed by atoms with Crippen LogP contribution in [0.3, 0.4) is 0 Å². The minimum Gasteiger partial charge on any atom is -0.478 e. The zero-order valence-electron chi connectivity index (χ0n) is 10.8. The molecule has 0 bridgehead atoms. The lowest BCUT2D eigenvalue weighted by molar-refractivity contribution is -0.384. The van der Waals surface area contributed by atoms with E-state index >= 15 is 0 Å². The molecule has 0 aliphatic rings. The standard InChI is InChI=1S/C12H12N4O4.ClH/c17-12(18)10-5-9(16(19)20)1-2-11(10)14-4-3-8-6-13-7-15-8;/h1-2,5-7,14H,3-4H2,(H,13,15)(H,17,18);1H. The molecular weight excluding hydrogens is 300 g/mol. The van der Waals surface area contributed by atoms with Crippen molar-refractivity contribution in [3.63, 3.8) is 0 Å². The van der Waals surface area contributed by atoms with E-state index in [1.807, 2.05) is 0 Å². The largest absolute Gasteiger partial charge is 0.478 e. The van der Waals surface area contributed by atoms with Gasteiger partial charge in [0, 0.05) is 42.7 Å². The lowest BCUT2D eigenvalue weighted by Gasteiger charge is -2.08. The van der Waals surface area contributed by atoms with E-state index in [0.717, 1.165) is 11.8 Å². The second-order valence-electron chi connectivity index (χ2n) is 4.05. The molecule has 0 fully saturated rings. The summed E-state index contributed by atoms with van der Waals surface area (Å²) in [6.45, 7) is 0.486. The number of nitrogens with zero attached hydrogens (tertiary/aromatic N) is 2. The minimum absolute atomic E-state index is 0. The van der Waals surface area contributed by atoms with Crippen molar-refractivity contribution in [1.82, 2.24) is 9.97 Å². The number of H-pyrrole nitrogens is 1. The molecule has 1 aromatic heterocycles. The number of nitrogens with one attached hydrogen (secondary N) is 2. The van der Waals surface area contributed by atoms with Crippen molar-refractivity contribution in [2.45, 2.75) is 6.42 Å². The number of nitro groups is 1. The third-order valence-electron chi connectivity index (χ3n) is 2.71. The van der Waals surface area contributed by atoms with Gasteiger partial charge in [-0.05, 0) is 6.07 Å². The number of non-ortho nitro benzene ring substituents is 1. The van der Waals surface area contributed by atoms with Crippen LogP contribution in [0.1, 0.15) is 16.1 Å². The van der Waals surface area contributed by atoms with E-state index in [-0.39, 0.29) is 23.7 Å². The van der Waals surface area contributed by atoms with Gasteiger partial charge in [0.05, 0.1) is 16.8 Å². The fraction of sp³-hybridized carbons (Fsp3) is 0.167. The van der Waals surface area contributed by atoms with Crippen molar-refractivity contribution in [3.05, 3.63) is 52.1 Å². The first-order valence-corrected chi connectivity index (χ1v) is 5.81. The van der Waals surface area contributed by atoms with E-state index < -0.39 is 10.9 Å². The molecule has 0 aliphatic heterocycles. The normalized spacial score (nSPS) is 9.71. The predicted octanol–water partition coefficient (Wildman–Crippen LogP) is 2.09. The number of carbonyl (C=O) groups is 1. The van der Waals surface area contributed by atoms with Crippen LogP contribution >= 0.6 is 12.4 Å². The SMILES string of the molecule is Cl.O=C(O)c1cc([N+](=O)[O-])ccc1NCCc1cnc[nH]1. The number of hydrogen-bond acceptors (Lipinski definition) is 5. The molecule has 1 aromatic carbocycles. The first-order chi connectivity index (χ1) is 9.58. The first kappa shape index (κ1) is 16.4. The maximum absolute atomic E-state index is 11.1. The summed E-state index contributed by atoms with van der Waals surface area (Å²) in [5.74, 6) is -1.21. The lowest BCUT2D eigenvalue weighted by Crippen LogP contribution is -2.10. The van der Waals surface area contributed by atoms with Gasteiger partial charge in [0.25, 0.3) is 5.69 Å². The third kappa shape index (κ3) is 4.18. The number of aromatic nitrogens is 2. The number of imidazole rings is 1. The van der Waals surface area contributed by atoms with E-state index in [1.54, 1.807) is 12.5 Å². The summed E-state index contributed by atoms with van der Waals surface area (Å²) < 4.78 is 0. The van der Waals surface area contributed by atoms with Crippen LogP contribution in [0.2, 0.25) is 0 Å². The van der Waals surface area contributed by atoms with E-state index in [0.29, 0.717) is 18.7 Å². The predicted molar refractivity (Wildman–Crippen MR) is 78.1 cm³/mol. The van der Waals surface area contributed by atoms with Gasteiger partial charge in [-0.1, -0.05) is 0 Å². The Labute approximate surface area is 125 Å². The van der Waals surface area contributed by atoms with Gasteiger partial charge in [0.1, 0.15) is 0 Å². The van der Waals surface area contributed by atoms with Crippen LogP contribution in [-0.2, 0) is 6.42 Å². The van der Waals surface area contributed by atoms with Crippen LogP contribution in [0.15, 0.2) is 30.7 Å². The average molecular weight is 313 g/mol. The van der Waals surface area contributed by atoms with E-state index in [9.17, 15) is 14.9 Å². The number of rotatable bonds is 6. The molecule has 0 saturated carbocycles. The first-order valence-electron chi connectivity index (χ1n) is 5.81. The zero-order chi connectivity index (χ0) is 14.5. The molecular formula is C12H13ClN4O4. The van der Waals surface area contributed by atoms with Gasteiger partial charge in [0.15, 0.2) is 0 Å². The Balaban J connectivity index is 0.00000220. The van der Waals surface area contributed by atoms with E-state index in [1.165, 1.54) is 12.1 Å². The van der Waals surface area contributed by atoms with Gasteiger partial charge < -0.3 is 15.4 Å².